The summed E-state index contributed by atoms with van der Waals surface area (Å²) in [5, 5.41) is 48.8. The van der Waals surface area contributed by atoms with Crippen molar-refractivity contribution < 1.29 is 116 Å². The number of aliphatic hydroxyl groups is 3. The van der Waals surface area contributed by atoms with Crippen LogP contribution >= 0.6 is 0 Å². The van der Waals surface area contributed by atoms with Crippen LogP contribution in [-0.2, 0) is 66.4 Å². The van der Waals surface area contributed by atoms with Crippen molar-refractivity contribution in [3.8, 4) is 0 Å². The number of rotatable bonds is 16. The monoisotopic (exact) mass is 1060 g/mol. The second-order valence-electron chi connectivity index (χ2n) is 24.4. The van der Waals surface area contributed by atoms with Crippen LogP contribution < -0.4 is 34.7 Å². The van der Waals surface area contributed by atoms with Gasteiger partial charge in [0.2, 0.25) is 0 Å². The Labute approximate surface area is 463 Å². The zero-order valence-electron chi connectivity index (χ0n) is 47.4. The molecule has 0 saturated carbocycles. The summed E-state index contributed by atoms with van der Waals surface area (Å²) in [7, 11) is 4.91. The molecule has 0 radical (unpaired) electrons. The standard InChI is InChI=1S/C55H94O18.Na/c1-15-16-35(50(57)58)55(60)32(6)47(68-43-20-18-38(62-13)34(8)65-43)48(63-14)46(72-55)31(5)45-30(4)36(56)27-54(71-45)24-23-51(9,73-54)41-21-22-52(10,69-41)49-40(66-42-19-17-37(61-12)33(7)64-42)26-39(67-49)44-28(2)25-29(3)53(11,59)70-44;/h28-49,56,59-60H,15-27H2,1-14H3,(H,57,58);/q;+1/p-1/t28-,29+,30+,31+,32-,33+,34+,35?,36-,37-,38-,39+,40-,41+,42-,43-,44-,45-,46-,47-,48-,49+,51-,52-,53-,54+,55-;/m0./s1. The summed E-state index contributed by atoms with van der Waals surface area (Å²) in [6.45, 7) is 21.4. The van der Waals surface area contributed by atoms with Crippen LogP contribution in [0.25, 0.3) is 0 Å². The van der Waals surface area contributed by atoms with E-state index in [0.29, 0.717) is 57.8 Å². The average molecular weight is 1070 g/mol. The van der Waals surface area contributed by atoms with Crippen LogP contribution in [0.2, 0.25) is 0 Å². The number of methoxy groups -OCH3 is 3. The van der Waals surface area contributed by atoms with E-state index in [0.717, 1.165) is 12.8 Å². The Morgan fingerprint density at radius 3 is 1.95 bits per heavy atom. The van der Waals surface area contributed by atoms with Crippen LogP contribution in [0, 0.1) is 35.5 Å². The number of hydrogen-bond donors (Lipinski definition) is 3. The second kappa shape index (κ2) is 24.1. The SMILES string of the molecule is CCCC(C(=O)[O-])[C@@]1(O)O[C@@H]([C@H](C)[C@H]2O[C@@]3(CC[C@@](C)([C@H]4CC[C@@](C)([C@@H]5O[C@@H]([C@H]6O[C@](C)(O)[C@H](C)C[C@@H]6C)C[C@@H]5O[C@H]5CC[C@H](OC)[C@@H](C)O5)O4)O3)C[C@H](O)[C@H]2C)[C@H](OC)[C@@H](O[C@H]2CC[C@H](OC)[C@@H](C)O2)[C@@H]1C.[Na+]. The molecule has 1 spiro atoms. The van der Waals surface area contributed by atoms with Gasteiger partial charge in [-0.05, 0) is 85.5 Å². The van der Waals surface area contributed by atoms with Crippen molar-refractivity contribution in [2.75, 3.05) is 21.3 Å². The first-order valence-electron chi connectivity index (χ1n) is 28.0. The summed E-state index contributed by atoms with van der Waals surface area (Å²) in [5.41, 5.74) is -1.61. The topological polar surface area (TPSA) is 221 Å². The molecule has 8 aliphatic heterocycles. The molecule has 0 aromatic heterocycles. The summed E-state index contributed by atoms with van der Waals surface area (Å²) < 4.78 is 85.7. The predicted molar refractivity (Wildman–Crippen MR) is 261 cm³/mol. The van der Waals surface area contributed by atoms with E-state index in [2.05, 4.69) is 20.8 Å². The van der Waals surface area contributed by atoms with E-state index in [1.807, 2.05) is 41.5 Å². The maximum atomic E-state index is 12.9. The number of aliphatic carboxylic acids is 1. The molecule has 0 aliphatic carbocycles. The van der Waals surface area contributed by atoms with Gasteiger partial charge in [-0.1, -0.05) is 48.0 Å². The largest absolute Gasteiger partial charge is 1.00 e. The van der Waals surface area contributed by atoms with E-state index in [1.165, 1.54) is 0 Å². The molecule has 422 valence electrons. The zero-order chi connectivity index (χ0) is 53.2. The van der Waals surface area contributed by atoms with Crippen LogP contribution in [0.5, 0.6) is 0 Å². The number of hydrogen-bond acceptors (Lipinski definition) is 18. The zero-order valence-corrected chi connectivity index (χ0v) is 49.4. The van der Waals surface area contributed by atoms with E-state index in [1.54, 1.807) is 35.2 Å². The fourth-order valence-corrected chi connectivity index (χ4v) is 14.4. The fourth-order valence-electron chi connectivity index (χ4n) is 14.4. The molecule has 8 saturated heterocycles. The number of ether oxygens (including phenoxy) is 13. The molecule has 3 N–H and O–H groups in total. The molecule has 18 nitrogen and oxygen atoms in total. The molecule has 19 heteroatoms. The predicted octanol–water partition coefficient (Wildman–Crippen LogP) is 2.30. The van der Waals surface area contributed by atoms with Crippen molar-refractivity contribution in [2.24, 2.45) is 35.5 Å². The van der Waals surface area contributed by atoms with Gasteiger partial charge >= 0.3 is 29.6 Å². The second-order valence-corrected chi connectivity index (χ2v) is 24.4. The minimum Gasteiger partial charge on any atom is -0.550 e. The van der Waals surface area contributed by atoms with Gasteiger partial charge in [0.25, 0.3) is 0 Å². The molecular weight excluding hydrogens is 972 g/mol. The molecule has 8 rings (SSSR count). The molecule has 0 aromatic carbocycles. The average Bonchev–Trinajstić information content (AvgIpc) is 4.05. The molecule has 27 atom stereocenters. The molecular formula is C55H93NaO18. The van der Waals surface area contributed by atoms with Crippen LogP contribution in [-0.4, -0.2) is 169 Å². The Bertz CT molecular complexity index is 1850. The van der Waals surface area contributed by atoms with Crippen LogP contribution in [0.3, 0.4) is 0 Å². The Morgan fingerprint density at radius 1 is 0.730 bits per heavy atom. The normalized spacial score (nSPS) is 51.9. The summed E-state index contributed by atoms with van der Waals surface area (Å²) in [5.74, 6) is -9.29. The third-order valence-electron chi connectivity index (χ3n) is 19.3. The summed E-state index contributed by atoms with van der Waals surface area (Å²) in [4.78, 5) is 12.9. The summed E-state index contributed by atoms with van der Waals surface area (Å²) in [6, 6.07) is 0. The first kappa shape index (κ1) is 61.4. The van der Waals surface area contributed by atoms with Crippen LogP contribution in [0.15, 0.2) is 0 Å². The molecule has 0 aromatic rings. The Morgan fingerprint density at radius 2 is 1.36 bits per heavy atom. The maximum absolute atomic E-state index is 12.9. The Hall–Kier alpha value is -0.170. The van der Waals surface area contributed by atoms with Gasteiger partial charge in [0.15, 0.2) is 29.9 Å². The molecule has 1 unspecified atom stereocenters. The quantitative estimate of drug-likeness (QED) is 0.189. The van der Waals surface area contributed by atoms with E-state index < -0.39 is 107 Å². The van der Waals surface area contributed by atoms with Crippen molar-refractivity contribution >= 4 is 5.97 Å². The molecule has 0 amide bonds. The molecule has 8 fully saturated rings. The third kappa shape index (κ3) is 12.1. The van der Waals surface area contributed by atoms with Crippen molar-refractivity contribution in [3.05, 3.63) is 0 Å². The minimum atomic E-state index is -2.21. The van der Waals surface area contributed by atoms with Crippen molar-refractivity contribution in [2.45, 2.75) is 286 Å². The van der Waals surface area contributed by atoms with Gasteiger partial charge in [0.1, 0.15) is 12.2 Å². The summed E-state index contributed by atoms with van der Waals surface area (Å²) >= 11 is 0. The van der Waals surface area contributed by atoms with Crippen molar-refractivity contribution in [1.29, 1.82) is 0 Å². The first-order chi connectivity index (χ1) is 34.3. The summed E-state index contributed by atoms with van der Waals surface area (Å²) in [6.07, 6.45) is -0.557. The third-order valence-corrected chi connectivity index (χ3v) is 19.3. The van der Waals surface area contributed by atoms with E-state index in [4.69, 9.17) is 61.6 Å². The van der Waals surface area contributed by atoms with Crippen LogP contribution in [0.1, 0.15) is 160 Å². The first-order valence-corrected chi connectivity index (χ1v) is 28.0. The van der Waals surface area contributed by atoms with E-state index in [9.17, 15) is 25.2 Å². The Balaban J connectivity index is 0.00000800. The Kier molecular flexibility index (Phi) is 20.0. The molecule has 74 heavy (non-hydrogen) atoms. The van der Waals surface area contributed by atoms with Gasteiger partial charge < -0.3 is 86.8 Å². The molecule has 8 aliphatic rings. The van der Waals surface area contributed by atoms with E-state index >= 15 is 0 Å². The van der Waals surface area contributed by atoms with Gasteiger partial charge in [-0.25, -0.2) is 0 Å². The van der Waals surface area contributed by atoms with Gasteiger partial charge in [-0.15, -0.1) is 0 Å². The smallest absolute Gasteiger partial charge is 0.550 e. The number of carbonyl (C=O) groups excluding carboxylic acids is 1. The number of carboxylic acids is 1. The number of carboxylic acid groups (broad SMARTS) is 1. The molecule has 8 heterocycles. The van der Waals surface area contributed by atoms with Crippen molar-refractivity contribution in [3.63, 3.8) is 0 Å². The minimum absolute atomic E-state index is 0. The number of carbonyl (C=O) groups is 1. The van der Waals surface area contributed by atoms with Gasteiger partial charge in [-0.3, -0.25) is 0 Å². The van der Waals surface area contributed by atoms with Crippen molar-refractivity contribution in [1.82, 2.24) is 0 Å². The van der Waals surface area contributed by atoms with E-state index in [-0.39, 0.29) is 103 Å². The number of aliphatic hydroxyl groups excluding tert-OH is 1. The van der Waals surface area contributed by atoms with Crippen LogP contribution in [0.4, 0.5) is 0 Å². The van der Waals surface area contributed by atoms with Gasteiger partial charge in [-0.2, -0.15) is 0 Å². The van der Waals surface area contributed by atoms with Gasteiger partial charge in [0.05, 0.1) is 90.4 Å². The molecule has 0 bridgehead atoms. The fraction of sp³-hybridized carbons (Fsp3) is 0.982. The maximum Gasteiger partial charge on any atom is 1.00 e. The van der Waals surface area contributed by atoms with Gasteiger partial charge in [0, 0.05) is 83.1 Å².